The minimum Gasteiger partial charge on any atom is -0.508 e. The monoisotopic (exact) mass is 266 g/mol. The molecule has 0 atom stereocenters. The van der Waals surface area contributed by atoms with Crippen LogP contribution in [0, 0.1) is 5.82 Å². The van der Waals surface area contributed by atoms with Crippen molar-refractivity contribution < 1.29 is 19.4 Å². The predicted molar refractivity (Wildman–Crippen MR) is 65.5 cm³/mol. The lowest BCUT2D eigenvalue weighted by Crippen LogP contribution is -2.03. The maximum absolute atomic E-state index is 13.5. The average molecular weight is 267 g/mol. The van der Waals surface area contributed by atoms with E-state index < -0.39 is 17.3 Å². The molecule has 0 saturated heterocycles. The van der Waals surface area contributed by atoms with Crippen molar-refractivity contribution in [2.24, 2.45) is 0 Å². The molecule has 0 spiro atoms. The topological polar surface area (TPSA) is 57.5 Å². The molecule has 5 heteroatoms. The van der Waals surface area contributed by atoms with Crippen LogP contribution in [0.15, 0.2) is 36.4 Å². The molecule has 0 aliphatic rings. The van der Waals surface area contributed by atoms with Crippen molar-refractivity contribution in [1.29, 1.82) is 0 Å². The number of carboxylic acid groups (broad SMARTS) is 1. The number of rotatable bonds is 2. The predicted octanol–water partition coefficient (Wildman–Crippen LogP) is 3.55. The number of hydrogen-bond donors (Lipinski definition) is 2. The molecule has 2 rings (SSSR count). The number of halogens is 2. The Balaban J connectivity index is 2.75. The first kappa shape index (κ1) is 12.4. The van der Waals surface area contributed by atoms with E-state index in [0.29, 0.717) is 0 Å². The minimum absolute atomic E-state index is 0.0741. The van der Waals surface area contributed by atoms with Crippen LogP contribution in [-0.2, 0) is 0 Å². The van der Waals surface area contributed by atoms with Gasteiger partial charge in [-0.15, -0.1) is 0 Å². The van der Waals surface area contributed by atoms with E-state index in [1.54, 1.807) is 0 Å². The fraction of sp³-hybridized carbons (Fsp3) is 0. The van der Waals surface area contributed by atoms with Crippen LogP contribution >= 0.6 is 11.6 Å². The number of aromatic hydroxyl groups is 1. The van der Waals surface area contributed by atoms with Crippen molar-refractivity contribution in [1.82, 2.24) is 0 Å². The highest BCUT2D eigenvalue weighted by Gasteiger charge is 2.18. The van der Waals surface area contributed by atoms with E-state index in [1.165, 1.54) is 30.3 Å². The summed E-state index contributed by atoms with van der Waals surface area (Å²) in [6.45, 7) is 0. The fourth-order valence-electron chi connectivity index (χ4n) is 1.69. The van der Waals surface area contributed by atoms with Crippen LogP contribution in [0.4, 0.5) is 4.39 Å². The molecule has 3 nitrogen and oxygen atoms in total. The number of phenolic OH excluding ortho intramolecular Hbond substituents is 1. The molecular weight excluding hydrogens is 259 g/mol. The number of benzene rings is 2. The Hall–Kier alpha value is -2.07. The molecule has 92 valence electrons. The van der Waals surface area contributed by atoms with Crippen molar-refractivity contribution in [3.8, 4) is 16.9 Å². The molecule has 0 fully saturated rings. The summed E-state index contributed by atoms with van der Waals surface area (Å²) < 4.78 is 13.5. The van der Waals surface area contributed by atoms with Crippen LogP contribution in [0.5, 0.6) is 5.75 Å². The minimum atomic E-state index is -1.39. The lowest BCUT2D eigenvalue weighted by molar-refractivity contribution is 0.0693. The SMILES string of the molecule is O=C(O)c1c(F)cccc1-c1cc(O)ccc1Cl. The van der Waals surface area contributed by atoms with E-state index >= 15 is 0 Å². The summed E-state index contributed by atoms with van der Waals surface area (Å²) in [4.78, 5) is 11.1. The molecule has 2 aromatic carbocycles. The average Bonchev–Trinajstić information content (AvgIpc) is 2.31. The van der Waals surface area contributed by atoms with Crippen LogP contribution in [0.1, 0.15) is 10.4 Å². The molecule has 0 radical (unpaired) electrons. The van der Waals surface area contributed by atoms with Gasteiger partial charge in [0.15, 0.2) is 0 Å². The van der Waals surface area contributed by atoms with Crippen molar-refractivity contribution in [2.75, 3.05) is 0 Å². The maximum atomic E-state index is 13.5. The van der Waals surface area contributed by atoms with Crippen molar-refractivity contribution >= 4 is 17.6 Å². The first-order chi connectivity index (χ1) is 8.50. The summed E-state index contributed by atoms with van der Waals surface area (Å²) >= 11 is 5.93. The van der Waals surface area contributed by atoms with Crippen LogP contribution in [0.25, 0.3) is 11.1 Å². The molecular formula is C13H8ClFO3. The Morgan fingerprint density at radius 2 is 1.89 bits per heavy atom. The lowest BCUT2D eigenvalue weighted by atomic mass is 9.99. The highest BCUT2D eigenvalue weighted by molar-refractivity contribution is 6.33. The molecule has 0 unspecified atom stereocenters. The number of hydrogen-bond acceptors (Lipinski definition) is 2. The molecule has 0 bridgehead atoms. The molecule has 0 aromatic heterocycles. The van der Waals surface area contributed by atoms with E-state index in [1.807, 2.05) is 0 Å². The normalized spacial score (nSPS) is 10.3. The molecule has 2 aromatic rings. The van der Waals surface area contributed by atoms with Gasteiger partial charge >= 0.3 is 5.97 Å². The first-order valence-electron chi connectivity index (χ1n) is 5.01. The second-order valence-corrected chi connectivity index (χ2v) is 4.04. The third-order valence-electron chi connectivity index (χ3n) is 2.47. The third-order valence-corrected chi connectivity index (χ3v) is 2.80. The highest BCUT2D eigenvalue weighted by Crippen LogP contribution is 2.34. The Morgan fingerprint density at radius 1 is 1.17 bits per heavy atom. The third kappa shape index (κ3) is 2.15. The van der Waals surface area contributed by atoms with Crippen LogP contribution in [-0.4, -0.2) is 16.2 Å². The Kier molecular flexibility index (Phi) is 3.21. The molecule has 18 heavy (non-hydrogen) atoms. The zero-order valence-corrected chi connectivity index (χ0v) is 9.78. The van der Waals surface area contributed by atoms with Crippen molar-refractivity contribution in [3.05, 3.63) is 52.8 Å². The summed E-state index contributed by atoms with van der Waals surface area (Å²) in [6.07, 6.45) is 0. The van der Waals surface area contributed by atoms with Gasteiger partial charge in [0, 0.05) is 16.1 Å². The Morgan fingerprint density at radius 3 is 2.56 bits per heavy atom. The Bertz CT molecular complexity index is 626. The van der Waals surface area contributed by atoms with Gasteiger partial charge in [-0.3, -0.25) is 0 Å². The molecule has 0 aliphatic carbocycles. The zero-order chi connectivity index (χ0) is 13.3. The van der Waals surface area contributed by atoms with Gasteiger partial charge in [0.2, 0.25) is 0 Å². The summed E-state index contributed by atoms with van der Waals surface area (Å²) in [5.74, 6) is -2.31. The van der Waals surface area contributed by atoms with E-state index in [0.717, 1.165) is 6.07 Å². The molecule has 0 heterocycles. The summed E-state index contributed by atoms with van der Waals surface area (Å²) in [5.41, 5.74) is -0.0676. The molecule has 0 amide bonds. The maximum Gasteiger partial charge on any atom is 0.339 e. The smallest absolute Gasteiger partial charge is 0.339 e. The number of carboxylic acids is 1. The van der Waals surface area contributed by atoms with Gasteiger partial charge in [0.25, 0.3) is 0 Å². The Labute approximate surface area is 107 Å². The van der Waals surface area contributed by atoms with Gasteiger partial charge < -0.3 is 10.2 Å². The van der Waals surface area contributed by atoms with Crippen molar-refractivity contribution in [2.45, 2.75) is 0 Å². The molecule has 0 aliphatic heterocycles. The van der Waals surface area contributed by atoms with E-state index in [4.69, 9.17) is 16.7 Å². The van der Waals surface area contributed by atoms with Gasteiger partial charge in [-0.05, 0) is 24.3 Å². The van der Waals surface area contributed by atoms with Gasteiger partial charge in [-0.25, -0.2) is 9.18 Å². The van der Waals surface area contributed by atoms with Crippen LogP contribution < -0.4 is 0 Å². The van der Waals surface area contributed by atoms with Gasteiger partial charge in [-0.2, -0.15) is 0 Å². The summed E-state index contributed by atoms with van der Waals surface area (Å²) in [5, 5.41) is 18.7. The van der Waals surface area contributed by atoms with Crippen molar-refractivity contribution in [3.63, 3.8) is 0 Å². The fourth-order valence-corrected chi connectivity index (χ4v) is 1.90. The van der Waals surface area contributed by atoms with E-state index in [-0.39, 0.29) is 21.9 Å². The van der Waals surface area contributed by atoms with Gasteiger partial charge in [0.1, 0.15) is 17.1 Å². The van der Waals surface area contributed by atoms with Crippen LogP contribution in [0.3, 0.4) is 0 Å². The molecule has 2 N–H and O–H groups in total. The zero-order valence-electron chi connectivity index (χ0n) is 9.02. The number of aromatic carboxylic acids is 1. The highest BCUT2D eigenvalue weighted by atomic mass is 35.5. The number of phenols is 1. The first-order valence-corrected chi connectivity index (χ1v) is 5.39. The second-order valence-electron chi connectivity index (χ2n) is 3.63. The lowest BCUT2D eigenvalue weighted by Gasteiger charge is -2.09. The largest absolute Gasteiger partial charge is 0.508 e. The molecule has 0 saturated carbocycles. The van der Waals surface area contributed by atoms with E-state index in [2.05, 4.69) is 0 Å². The van der Waals surface area contributed by atoms with Gasteiger partial charge in [0.05, 0.1) is 0 Å². The standard InChI is InChI=1S/C13H8ClFO3/c14-10-5-4-7(16)6-9(10)8-2-1-3-11(15)12(8)13(17)18/h1-6,16H,(H,17,18). The number of carbonyl (C=O) groups is 1. The van der Waals surface area contributed by atoms with E-state index in [9.17, 15) is 14.3 Å². The van der Waals surface area contributed by atoms with Gasteiger partial charge in [-0.1, -0.05) is 23.7 Å². The summed E-state index contributed by atoms with van der Waals surface area (Å²) in [6, 6.07) is 7.96. The van der Waals surface area contributed by atoms with Crippen LogP contribution in [0.2, 0.25) is 5.02 Å². The second kappa shape index (κ2) is 4.66. The summed E-state index contributed by atoms with van der Waals surface area (Å²) in [7, 11) is 0. The quantitative estimate of drug-likeness (QED) is 0.874.